The molecule has 0 saturated carbocycles. The minimum atomic E-state index is -0.478. The summed E-state index contributed by atoms with van der Waals surface area (Å²) in [5, 5.41) is 0.0287. The van der Waals surface area contributed by atoms with Crippen LogP contribution in [-0.2, 0) is 6.54 Å². The Balaban J connectivity index is 2.23. The Hall–Kier alpha value is -1.94. The zero-order chi connectivity index (χ0) is 14.7. The van der Waals surface area contributed by atoms with Crippen LogP contribution >= 0.6 is 11.6 Å². The van der Waals surface area contributed by atoms with Crippen LogP contribution in [0.2, 0.25) is 5.02 Å². The molecule has 0 aliphatic carbocycles. The lowest BCUT2D eigenvalue weighted by Gasteiger charge is -2.21. The lowest BCUT2D eigenvalue weighted by Crippen LogP contribution is -2.18. The van der Waals surface area contributed by atoms with Gasteiger partial charge in [-0.3, -0.25) is 0 Å². The maximum absolute atomic E-state index is 13.5. The molecule has 0 atom stereocenters. The molecule has 0 amide bonds. The summed E-state index contributed by atoms with van der Waals surface area (Å²) in [7, 11) is 3.47. The number of benzene rings is 2. The predicted molar refractivity (Wildman–Crippen MR) is 80.9 cm³/mol. The first kappa shape index (κ1) is 14.5. The number of halogens is 2. The quantitative estimate of drug-likeness (QED) is 0.874. The second-order valence-electron chi connectivity index (χ2n) is 4.53. The van der Waals surface area contributed by atoms with Crippen LogP contribution in [0.3, 0.4) is 0 Å². The number of hydrogen-bond acceptors (Lipinski definition) is 3. The van der Waals surface area contributed by atoms with Gasteiger partial charge in [0.1, 0.15) is 11.6 Å². The van der Waals surface area contributed by atoms with Crippen molar-refractivity contribution in [2.45, 2.75) is 6.54 Å². The molecular weight excluding hydrogens is 279 g/mol. The molecule has 2 aromatic carbocycles. The maximum Gasteiger partial charge on any atom is 0.144 e. The van der Waals surface area contributed by atoms with E-state index in [0.717, 1.165) is 11.3 Å². The summed E-state index contributed by atoms with van der Waals surface area (Å²) >= 11 is 5.70. The minimum absolute atomic E-state index is 0.0287. The van der Waals surface area contributed by atoms with E-state index in [2.05, 4.69) is 0 Å². The number of nitrogens with zero attached hydrogens (tertiary/aromatic N) is 1. The smallest absolute Gasteiger partial charge is 0.144 e. The number of methoxy groups -OCH3 is 1. The second kappa shape index (κ2) is 6.01. The molecule has 2 aromatic rings. The van der Waals surface area contributed by atoms with E-state index in [9.17, 15) is 4.39 Å². The van der Waals surface area contributed by atoms with Gasteiger partial charge in [-0.2, -0.15) is 0 Å². The fraction of sp³-hybridized carbons (Fsp3) is 0.200. The lowest BCUT2D eigenvalue weighted by molar-refractivity contribution is 0.414. The Morgan fingerprint density at radius 3 is 2.75 bits per heavy atom. The van der Waals surface area contributed by atoms with Crippen molar-refractivity contribution < 1.29 is 9.13 Å². The first-order valence-corrected chi connectivity index (χ1v) is 6.47. The Morgan fingerprint density at radius 1 is 1.30 bits per heavy atom. The summed E-state index contributed by atoms with van der Waals surface area (Å²) < 4.78 is 18.7. The summed E-state index contributed by atoms with van der Waals surface area (Å²) in [6, 6.07) is 10.5. The van der Waals surface area contributed by atoms with Crippen LogP contribution in [0.15, 0.2) is 36.4 Å². The zero-order valence-corrected chi connectivity index (χ0v) is 12.1. The monoisotopic (exact) mass is 294 g/mol. The molecule has 2 rings (SSSR count). The molecule has 0 aromatic heterocycles. The van der Waals surface area contributed by atoms with E-state index in [-0.39, 0.29) is 5.02 Å². The third kappa shape index (κ3) is 3.14. The molecule has 0 unspecified atom stereocenters. The second-order valence-corrected chi connectivity index (χ2v) is 4.94. The van der Waals surface area contributed by atoms with Gasteiger partial charge in [0.2, 0.25) is 0 Å². The molecule has 5 heteroatoms. The van der Waals surface area contributed by atoms with Gasteiger partial charge in [0.25, 0.3) is 0 Å². The van der Waals surface area contributed by atoms with Crippen LogP contribution in [0.1, 0.15) is 5.56 Å². The van der Waals surface area contributed by atoms with Gasteiger partial charge in [0.15, 0.2) is 0 Å². The average molecular weight is 295 g/mol. The Bertz CT molecular complexity index is 619. The van der Waals surface area contributed by atoms with Gasteiger partial charge in [0, 0.05) is 19.7 Å². The van der Waals surface area contributed by atoms with E-state index < -0.39 is 5.82 Å². The van der Waals surface area contributed by atoms with Crippen LogP contribution in [-0.4, -0.2) is 14.2 Å². The van der Waals surface area contributed by atoms with Crippen molar-refractivity contribution >= 4 is 23.0 Å². The van der Waals surface area contributed by atoms with E-state index in [0.29, 0.717) is 17.9 Å². The van der Waals surface area contributed by atoms with Crippen molar-refractivity contribution in [1.82, 2.24) is 0 Å². The third-order valence-corrected chi connectivity index (χ3v) is 3.32. The van der Waals surface area contributed by atoms with E-state index >= 15 is 0 Å². The molecule has 106 valence electrons. The van der Waals surface area contributed by atoms with Gasteiger partial charge in [0.05, 0.1) is 23.5 Å². The molecule has 0 bridgehead atoms. The van der Waals surface area contributed by atoms with Gasteiger partial charge in [-0.15, -0.1) is 0 Å². The van der Waals surface area contributed by atoms with Crippen molar-refractivity contribution in [1.29, 1.82) is 0 Å². The largest absolute Gasteiger partial charge is 0.497 e. The number of hydrogen-bond donors (Lipinski definition) is 1. The topological polar surface area (TPSA) is 38.5 Å². The first-order valence-electron chi connectivity index (χ1n) is 6.10. The predicted octanol–water partition coefficient (Wildman–Crippen LogP) is 3.71. The van der Waals surface area contributed by atoms with Crippen molar-refractivity contribution in [2.24, 2.45) is 0 Å². The summed E-state index contributed by atoms with van der Waals surface area (Å²) in [5.41, 5.74) is 7.98. The summed E-state index contributed by atoms with van der Waals surface area (Å²) in [4.78, 5) is 1.86. The number of anilines is 2. The van der Waals surface area contributed by atoms with Crippen molar-refractivity contribution in [2.75, 3.05) is 24.8 Å². The number of ether oxygens (including phenoxy) is 1. The van der Waals surface area contributed by atoms with Crippen LogP contribution in [0.25, 0.3) is 0 Å². The highest BCUT2D eigenvalue weighted by Crippen LogP contribution is 2.29. The lowest BCUT2D eigenvalue weighted by atomic mass is 10.2. The summed E-state index contributed by atoms with van der Waals surface area (Å²) in [6.45, 7) is 0.586. The van der Waals surface area contributed by atoms with E-state index in [1.165, 1.54) is 12.1 Å². The molecular formula is C15H16ClFN2O. The third-order valence-electron chi connectivity index (χ3n) is 3.03. The molecule has 0 spiro atoms. The molecule has 0 saturated heterocycles. The van der Waals surface area contributed by atoms with Gasteiger partial charge in [-0.1, -0.05) is 23.7 Å². The standard InChI is InChI=1S/C15H16ClFN2O/c1-19(9-10-4-3-5-11(6-10)20-2)15-8-13(17)12(16)7-14(15)18/h3-8H,9,18H2,1-2H3. The van der Waals surface area contributed by atoms with E-state index in [1.807, 2.05) is 36.2 Å². The molecule has 20 heavy (non-hydrogen) atoms. The highest BCUT2D eigenvalue weighted by molar-refractivity contribution is 6.31. The number of nitrogens with two attached hydrogens (primary N) is 1. The van der Waals surface area contributed by atoms with Crippen molar-refractivity contribution in [3.05, 3.63) is 52.8 Å². The van der Waals surface area contributed by atoms with Crippen LogP contribution in [0.5, 0.6) is 5.75 Å². The molecule has 0 heterocycles. The fourth-order valence-corrected chi connectivity index (χ4v) is 2.18. The highest BCUT2D eigenvalue weighted by Gasteiger charge is 2.11. The number of rotatable bonds is 4. The van der Waals surface area contributed by atoms with Crippen LogP contribution < -0.4 is 15.4 Å². The Labute approximate surface area is 122 Å². The minimum Gasteiger partial charge on any atom is -0.497 e. The molecule has 0 fully saturated rings. The Morgan fingerprint density at radius 2 is 2.05 bits per heavy atom. The first-order chi connectivity index (χ1) is 9.51. The normalized spacial score (nSPS) is 10.4. The van der Waals surface area contributed by atoms with Gasteiger partial charge in [-0.25, -0.2) is 4.39 Å². The summed E-state index contributed by atoms with van der Waals surface area (Å²) in [6.07, 6.45) is 0. The fourth-order valence-electron chi connectivity index (χ4n) is 2.01. The van der Waals surface area contributed by atoms with Crippen molar-refractivity contribution in [3.8, 4) is 5.75 Å². The van der Waals surface area contributed by atoms with Gasteiger partial charge in [-0.05, 0) is 23.8 Å². The molecule has 0 radical (unpaired) electrons. The van der Waals surface area contributed by atoms with E-state index in [4.69, 9.17) is 22.1 Å². The molecule has 0 aliphatic heterocycles. The van der Waals surface area contributed by atoms with Gasteiger partial charge >= 0.3 is 0 Å². The molecule has 0 aliphatic rings. The average Bonchev–Trinajstić information content (AvgIpc) is 2.43. The highest BCUT2D eigenvalue weighted by atomic mass is 35.5. The van der Waals surface area contributed by atoms with Crippen LogP contribution in [0, 0.1) is 5.82 Å². The zero-order valence-electron chi connectivity index (χ0n) is 11.4. The molecule has 3 nitrogen and oxygen atoms in total. The van der Waals surface area contributed by atoms with Crippen molar-refractivity contribution in [3.63, 3.8) is 0 Å². The maximum atomic E-state index is 13.5. The Kier molecular flexibility index (Phi) is 4.35. The van der Waals surface area contributed by atoms with E-state index in [1.54, 1.807) is 7.11 Å². The SMILES string of the molecule is COc1cccc(CN(C)c2cc(F)c(Cl)cc2N)c1. The molecule has 2 N–H and O–H groups in total. The van der Waals surface area contributed by atoms with Crippen LogP contribution in [0.4, 0.5) is 15.8 Å². The summed E-state index contributed by atoms with van der Waals surface area (Å²) in [5.74, 6) is 0.305. The van der Waals surface area contributed by atoms with Gasteiger partial charge < -0.3 is 15.4 Å². The number of nitrogen functional groups attached to an aromatic ring is 1.